The Kier molecular flexibility index (Phi) is 2.05. The monoisotopic (exact) mass is 218 g/mol. The molecular weight excluding hydrogens is 204 g/mol. The molecule has 2 aromatic heterocycles. The van der Waals surface area contributed by atoms with Crippen LogP contribution in [0.25, 0.3) is 5.78 Å². The zero-order valence-corrected chi connectivity index (χ0v) is 9.29. The maximum atomic E-state index is 12.2. The molecule has 5 heteroatoms. The number of hydrogen-bond acceptors (Lipinski definition) is 3. The van der Waals surface area contributed by atoms with Gasteiger partial charge in [-0.05, 0) is 25.7 Å². The summed E-state index contributed by atoms with van der Waals surface area (Å²) in [4.78, 5) is 20.9. The Morgan fingerprint density at radius 3 is 2.94 bits per heavy atom. The van der Waals surface area contributed by atoms with Crippen LogP contribution in [0.1, 0.15) is 36.8 Å². The van der Waals surface area contributed by atoms with Gasteiger partial charge in [0.05, 0.1) is 5.69 Å². The summed E-state index contributed by atoms with van der Waals surface area (Å²) in [7, 11) is 0. The van der Waals surface area contributed by atoms with Crippen molar-refractivity contribution in [1.29, 1.82) is 0 Å². The fourth-order valence-corrected chi connectivity index (χ4v) is 2.25. The minimum atomic E-state index is 0.0342. The Morgan fingerprint density at radius 1 is 1.31 bits per heavy atom. The lowest BCUT2D eigenvalue weighted by molar-refractivity contribution is 0.650. The number of nitrogens with zero attached hydrogens (tertiary/aromatic N) is 3. The smallest absolute Gasteiger partial charge is 0.275 e. The molecule has 0 radical (unpaired) electrons. The van der Waals surface area contributed by atoms with E-state index in [0.29, 0.717) is 5.78 Å². The van der Waals surface area contributed by atoms with Gasteiger partial charge in [0.2, 0.25) is 0 Å². The van der Waals surface area contributed by atoms with E-state index < -0.39 is 0 Å². The summed E-state index contributed by atoms with van der Waals surface area (Å²) in [6.07, 6.45) is 4.76. The molecule has 0 bridgehead atoms. The van der Waals surface area contributed by atoms with Gasteiger partial charge in [0.1, 0.15) is 5.82 Å². The predicted molar refractivity (Wildman–Crippen MR) is 59.6 cm³/mol. The molecule has 0 aromatic carbocycles. The van der Waals surface area contributed by atoms with Crippen molar-refractivity contribution < 1.29 is 0 Å². The molecule has 0 saturated heterocycles. The van der Waals surface area contributed by atoms with E-state index in [1.807, 2.05) is 6.92 Å². The third-order valence-electron chi connectivity index (χ3n) is 3.15. The van der Waals surface area contributed by atoms with E-state index in [2.05, 4.69) is 15.1 Å². The molecule has 5 nitrogen and oxygen atoms in total. The van der Waals surface area contributed by atoms with Gasteiger partial charge >= 0.3 is 0 Å². The molecule has 0 fully saturated rings. The number of H-pyrrole nitrogens is 1. The van der Waals surface area contributed by atoms with Gasteiger partial charge in [-0.2, -0.15) is 9.50 Å². The number of rotatable bonds is 1. The van der Waals surface area contributed by atoms with Crippen molar-refractivity contribution in [3.63, 3.8) is 0 Å². The zero-order chi connectivity index (χ0) is 11.1. The highest BCUT2D eigenvalue weighted by atomic mass is 16.1. The first-order valence-electron chi connectivity index (χ1n) is 5.79. The van der Waals surface area contributed by atoms with Crippen LogP contribution in [0.15, 0.2) is 4.79 Å². The van der Waals surface area contributed by atoms with E-state index in [4.69, 9.17) is 0 Å². The number of aryl methyl sites for hydroxylation is 2. The summed E-state index contributed by atoms with van der Waals surface area (Å²) in [6.45, 7) is 2.00. The van der Waals surface area contributed by atoms with Crippen LogP contribution in [-0.4, -0.2) is 19.6 Å². The average molecular weight is 218 g/mol. The van der Waals surface area contributed by atoms with Crippen LogP contribution in [0.4, 0.5) is 0 Å². The summed E-state index contributed by atoms with van der Waals surface area (Å²) in [5, 5.41) is 2.99. The van der Waals surface area contributed by atoms with Gasteiger partial charge in [-0.25, -0.2) is 4.98 Å². The third-order valence-corrected chi connectivity index (χ3v) is 3.15. The van der Waals surface area contributed by atoms with Crippen molar-refractivity contribution in [3.05, 3.63) is 27.4 Å². The predicted octanol–water partition coefficient (Wildman–Crippen LogP) is 0.859. The summed E-state index contributed by atoms with van der Waals surface area (Å²) >= 11 is 0. The van der Waals surface area contributed by atoms with Crippen LogP contribution in [0.5, 0.6) is 0 Å². The van der Waals surface area contributed by atoms with Crippen LogP contribution in [0, 0.1) is 0 Å². The first-order valence-corrected chi connectivity index (χ1v) is 5.79. The quantitative estimate of drug-likeness (QED) is 0.772. The number of hydrogen-bond donors (Lipinski definition) is 1. The lowest BCUT2D eigenvalue weighted by atomic mass is 9.97. The van der Waals surface area contributed by atoms with Gasteiger partial charge < -0.3 is 0 Å². The van der Waals surface area contributed by atoms with Crippen LogP contribution in [-0.2, 0) is 19.3 Å². The molecule has 84 valence electrons. The SMILES string of the molecule is CCc1nc2nc3c(c(=O)n2[nH]1)CCCC3. The van der Waals surface area contributed by atoms with Crippen molar-refractivity contribution in [1.82, 2.24) is 19.6 Å². The van der Waals surface area contributed by atoms with Crippen LogP contribution < -0.4 is 5.56 Å². The topological polar surface area (TPSA) is 63.1 Å². The van der Waals surface area contributed by atoms with Crippen LogP contribution >= 0.6 is 0 Å². The number of nitrogens with one attached hydrogen (secondary N) is 1. The van der Waals surface area contributed by atoms with Gasteiger partial charge in [0, 0.05) is 12.0 Å². The van der Waals surface area contributed by atoms with Crippen molar-refractivity contribution in [2.75, 3.05) is 0 Å². The zero-order valence-electron chi connectivity index (χ0n) is 9.29. The second kappa shape index (κ2) is 3.43. The van der Waals surface area contributed by atoms with Crippen molar-refractivity contribution >= 4 is 5.78 Å². The molecule has 0 saturated carbocycles. The highest BCUT2D eigenvalue weighted by molar-refractivity contribution is 5.33. The fraction of sp³-hybridized carbons (Fsp3) is 0.545. The molecule has 0 spiro atoms. The molecule has 16 heavy (non-hydrogen) atoms. The van der Waals surface area contributed by atoms with Crippen molar-refractivity contribution in [3.8, 4) is 0 Å². The first kappa shape index (κ1) is 9.57. The Labute approximate surface area is 92.5 Å². The van der Waals surface area contributed by atoms with Gasteiger partial charge in [-0.1, -0.05) is 6.92 Å². The Morgan fingerprint density at radius 2 is 2.12 bits per heavy atom. The second-order valence-electron chi connectivity index (χ2n) is 4.21. The minimum absolute atomic E-state index is 0.0342. The van der Waals surface area contributed by atoms with Gasteiger partial charge in [-0.3, -0.25) is 9.89 Å². The largest absolute Gasteiger partial charge is 0.277 e. The number of aromatic amines is 1. The lowest BCUT2D eigenvalue weighted by Crippen LogP contribution is -2.25. The summed E-state index contributed by atoms with van der Waals surface area (Å²) in [5.74, 6) is 1.33. The Hall–Kier alpha value is -1.65. The minimum Gasteiger partial charge on any atom is -0.275 e. The third kappa shape index (κ3) is 1.27. The summed E-state index contributed by atoms with van der Waals surface area (Å²) in [6, 6.07) is 0. The van der Waals surface area contributed by atoms with Gasteiger partial charge in [0.25, 0.3) is 11.3 Å². The molecule has 0 amide bonds. The highest BCUT2D eigenvalue weighted by Crippen LogP contribution is 2.16. The van der Waals surface area contributed by atoms with Gasteiger partial charge in [-0.15, -0.1) is 0 Å². The summed E-state index contributed by atoms with van der Waals surface area (Å²) < 4.78 is 1.48. The average Bonchev–Trinajstić information content (AvgIpc) is 2.73. The van der Waals surface area contributed by atoms with Crippen LogP contribution in [0.3, 0.4) is 0 Å². The molecular formula is C11H14N4O. The normalized spacial score (nSPS) is 15.3. The molecule has 3 rings (SSSR count). The molecule has 0 aliphatic heterocycles. The van der Waals surface area contributed by atoms with Gasteiger partial charge in [0.15, 0.2) is 0 Å². The molecule has 0 unspecified atom stereocenters. The summed E-state index contributed by atoms with van der Waals surface area (Å²) in [5.41, 5.74) is 1.85. The molecule has 2 aromatic rings. The maximum Gasteiger partial charge on any atom is 0.277 e. The standard InChI is InChI=1S/C11H14N4O/c1-2-9-13-11-12-8-6-4-3-5-7(8)10(16)15(11)14-9/h2-6H2,1H3,(H,12,13,14). The number of aromatic nitrogens is 4. The fourth-order valence-electron chi connectivity index (χ4n) is 2.25. The molecule has 2 heterocycles. The molecule has 1 N–H and O–H groups in total. The highest BCUT2D eigenvalue weighted by Gasteiger charge is 2.17. The van der Waals surface area contributed by atoms with E-state index in [1.165, 1.54) is 4.52 Å². The van der Waals surface area contributed by atoms with Crippen molar-refractivity contribution in [2.45, 2.75) is 39.0 Å². The van der Waals surface area contributed by atoms with Crippen molar-refractivity contribution in [2.24, 2.45) is 0 Å². The first-order chi connectivity index (χ1) is 7.79. The second-order valence-corrected chi connectivity index (χ2v) is 4.21. The molecule has 1 aliphatic rings. The maximum absolute atomic E-state index is 12.2. The number of fused-ring (bicyclic) bond motifs is 2. The van der Waals surface area contributed by atoms with E-state index in [0.717, 1.165) is 49.2 Å². The van der Waals surface area contributed by atoms with E-state index >= 15 is 0 Å². The molecule has 0 atom stereocenters. The Balaban J connectivity index is 2.32. The Bertz CT molecular complexity index is 596. The molecule has 1 aliphatic carbocycles. The lowest BCUT2D eigenvalue weighted by Gasteiger charge is -2.12. The van der Waals surface area contributed by atoms with E-state index in [9.17, 15) is 4.79 Å². The van der Waals surface area contributed by atoms with E-state index in [-0.39, 0.29) is 5.56 Å². The van der Waals surface area contributed by atoms with E-state index in [1.54, 1.807) is 0 Å². The van der Waals surface area contributed by atoms with Crippen LogP contribution in [0.2, 0.25) is 0 Å².